The number of fused-ring (bicyclic) bond motifs is 5. The second-order valence-electron chi connectivity index (χ2n) is 8.52. The summed E-state index contributed by atoms with van der Waals surface area (Å²) in [5, 5.41) is 3.66. The maximum atomic E-state index is 14.9. The van der Waals surface area contributed by atoms with Crippen LogP contribution in [0, 0.1) is 5.82 Å². The summed E-state index contributed by atoms with van der Waals surface area (Å²) in [5.74, 6) is -0.220. The fourth-order valence-electron chi connectivity index (χ4n) is 5.02. The minimum absolute atomic E-state index is 0.220. The van der Waals surface area contributed by atoms with Gasteiger partial charge in [-0.25, -0.2) is 9.37 Å². The van der Waals surface area contributed by atoms with Crippen LogP contribution < -0.4 is 0 Å². The molecule has 0 unspecified atom stereocenters. The molecule has 4 aromatic carbocycles. The number of aromatic nitrogens is 1. The zero-order valence-corrected chi connectivity index (χ0v) is 17.8. The smallest absolute Gasteiger partial charge is 0.132 e. The van der Waals surface area contributed by atoms with Crippen LogP contribution in [-0.4, -0.2) is 16.4 Å². The highest BCUT2D eigenvalue weighted by Crippen LogP contribution is 2.38. The van der Waals surface area contributed by atoms with Gasteiger partial charge in [0, 0.05) is 30.6 Å². The Morgan fingerprint density at radius 2 is 1.56 bits per heavy atom. The molecule has 2 heterocycles. The van der Waals surface area contributed by atoms with Crippen molar-refractivity contribution in [3.63, 3.8) is 0 Å². The summed E-state index contributed by atoms with van der Waals surface area (Å²) in [7, 11) is 0. The molecule has 1 aliphatic rings. The number of halogens is 1. The zero-order valence-electron chi connectivity index (χ0n) is 17.8. The van der Waals surface area contributed by atoms with E-state index in [1.54, 1.807) is 6.07 Å². The average molecular weight is 419 g/mol. The monoisotopic (exact) mass is 418 g/mol. The van der Waals surface area contributed by atoms with E-state index in [2.05, 4.69) is 65.6 Å². The molecule has 0 aliphatic carbocycles. The van der Waals surface area contributed by atoms with Crippen LogP contribution in [0.15, 0.2) is 91.0 Å². The van der Waals surface area contributed by atoms with Gasteiger partial charge in [-0.2, -0.15) is 0 Å². The molecule has 0 radical (unpaired) electrons. The maximum Gasteiger partial charge on any atom is 0.132 e. The molecule has 0 bridgehead atoms. The number of benzene rings is 4. The fraction of sp³-hybridized carbons (Fsp3) is 0.138. The van der Waals surface area contributed by atoms with Crippen molar-refractivity contribution < 1.29 is 4.39 Å². The number of hydrogen-bond donors (Lipinski definition) is 0. The molecule has 0 saturated heterocycles. The Bertz CT molecular complexity index is 1440. The van der Waals surface area contributed by atoms with Crippen molar-refractivity contribution in [2.24, 2.45) is 0 Å². The Labute approximate surface area is 187 Å². The first-order chi connectivity index (χ1) is 15.8. The van der Waals surface area contributed by atoms with Gasteiger partial charge < -0.3 is 0 Å². The summed E-state index contributed by atoms with van der Waals surface area (Å²) in [6.45, 7) is 2.62. The molecule has 6 rings (SSSR count). The van der Waals surface area contributed by atoms with Gasteiger partial charge in [0.25, 0.3) is 0 Å². The molecule has 5 aromatic rings. The van der Waals surface area contributed by atoms with Gasteiger partial charge in [0.05, 0.1) is 11.2 Å². The van der Waals surface area contributed by atoms with Crippen LogP contribution in [0.5, 0.6) is 0 Å². The lowest BCUT2D eigenvalue weighted by Crippen LogP contribution is -2.31. The second-order valence-corrected chi connectivity index (χ2v) is 8.52. The Balaban J connectivity index is 1.57. The van der Waals surface area contributed by atoms with Crippen LogP contribution in [0.4, 0.5) is 4.39 Å². The predicted molar refractivity (Wildman–Crippen MR) is 129 cm³/mol. The number of rotatable bonds is 3. The van der Waals surface area contributed by atoms with E-state index in [1.165, 1.54) is 33.4 Å². The lowest BCUT2D eigenvalue weighted by atomic mass is 9.89. The van der Waals surface area contributed by atoms with Crippen molar-refractivity contribution in [2.75, 3.05) is 6.54 Å². The molecule has 0 N–H and O–H groups in total. The summed E-state index contributed by atoms with van der Waals surface area (Å²) in [6.07, 6.45) is 0.927. The van der Waals surface area contributed by atoms with Crippen molar-refractivity contribution in [1.82, 2.24) is 9.88 Å². The Morgan fingerprint density at radius 3 is 2.44 bits per heavy atom. The normalized spacial score (nSPS) is 14.0. The maximum absolute atomic E-state index is 14.9. The van der Waals surface area contributed by atoms with Gasteiger partial charge in [-0.15, -0.1) is 0 Å². The first-order valence-electron chi connectivity index (χ1n) is 11.1. The molecule has 0 amide bonds. The van der Waals surface area contributed by atoms with E-state index in [0.717, 1.165) is 42.8 Å². The van der Waals surface area contributed by atoms with Gasteiger partial charge in [0.2, 0.25) is 0 Å². The molecule has 0 atom stereocenters. The third kappa shape index (κ3) is 3.26. The summed E-state index contributed by atoms with van der Waals surface area (Å²) in [5.41, 5.74) is 6.06. The van der Waals surface area contributed by atoms with Crippen LogP contribution in [0.25, 0.3) is 32.9 Å². The average Bonchev–Trinajstić information content (AvgIpc) is 2.84. The molecule has 0 fully saturated rings. The molecular formula is C29H23FN2. The van der Waals surface area contributed by atoms with Gasteiger partial charge in [0.1, 0.15) is 5.82 Å². The van der Waals surface area contributed by atoms with Gasteiger partial charge in [-0.3, -0.25) is 4.90 Å². The molecule has 1 aliphatic heterocycles. The highest BCUT2D eigenvalue weighted by molar-refractivity contribution is 6.09. The van der Waals surface area contributed by atoms with Crippen LogP contribution in [0.2, 0.25) is 0 Å². The standard InChI is InChI=1S/C29H23FN2/c30-26-13-7-6-12-24(26)29-25-19-32(18-20-8-2-1-3-9-20)17-16-23(25)28-22-11-5-4-10-21(22)14-15-27(28)31-29/h1-15H,16-19H2. The van der Waals surface area contributed by atoms with E-state index in [0.29, 0.717) is 5.56 Å². The molecular weight excluding hydrogens is 395 g/mol. The highest BCUT2D eigenvalue weighted by atomic mass is 19.1. The lowest BCUT2D eigenvalue weighted by molar-refractivity contribution is 0.246. The Kier molecular flexibility index (Phi) is 4.70. The molecule has 1 aromatic heterocycles. The van der Waals surface area contributed by atoms with Gasteiger partial charge in [0.15, 0.2) is 0 Å². The van der Waals surface area contributed by atoms with E-state index < -0.39 is 0 Å². The zero-order chi connectivity index (χ0) is 21.5. The van der Waals surface area contributed by atoms with Crippen molar-refractivity contribution in [3.05, 3.63) is 114 Å². The quantitative estimate of drug-likeness (QED) is 0.301. The largest absolute Gasteiger partial charge is 0.294 e. The molecule has 32 heavy (non-hydrogen) atoms. The van der Waals surface area contributed by atoms with Crippen molar-refractivity contribution in [2.45, 2.75) is 19.5 Å². The van der Waals surface area contributed by atoms with Gasteiger partial charge in [-0.1, -0.05) is 72.8 Å². The minimum Gasteiger partial charge on any atom is -0.294 e. The van der Waals surface area contributed by atoms with E-state index in [-0.39, 0.29) is 5.82 Å². The molecule has 3 heteroatoms. The van der Waals surface area contributed by atoms with E-state index in [4.69, 9.17) is 4.98 Å². The van der Waals surface area contributed by atoms with E-state index >= 15 is 0 Å². The lowest BCUT2D eigenvalue weighted by Gasteiger charge is -2.31. The topological polar surface area (TPSA) is 16.1 Å². The summed E-state index contributed by atoms with van der Waals surface area (Å²) in [6, 6.07) is 30.2. The Morgan fingerprint density at radius 1 is 0.781 bits per heavy atom. The third-order valence-corrected chi connectivity index (χ3v) is 6.53. The third-order valence-electron chi connectivity index (χ3n) is 6.53. The molecule has 0 spiro atoms. The Hall–Kier alpha value is -3.56. The molecule has 2 nitrogen and oxygen atoms in total. The van der Waals surface area contributed by atoms with E-state index in [1.807, 2.05) is 18.2 Å². The van der Waals surface area contributed by atoms with Crippen LogP contribution in [-0.2, 0) is 19.5 Å². The molecule has 0 saturated carbocycles. The number of hydrogen-bond acceptors (Lipinski definition) is 2. The van der Waals surface area contributed by atoms with Gasteiger partial charge in [-0.05, 0) is 52.1 Å². The summed E-state index contributed by atoms with van der Waals surface area (Å²) < 4.78 is 14.9. The SMILES string of the molecule is Fc1ccccc1-c1nc2ccc3ccccc3c2c2c1CN(Cc1ccccc1)CC2. The van der Waals surface area contributed by atoms with Crippen molar-refractivity contribution in [1.29, 1.82) is 0 Å². The number of pyridine rings is 1. The van der Waals surface area contributed by atoms with Crippen molar-refractivity contribution in [3.8, 4) is 11.3 Å². The fourth-order valence-corrected chi connectivity index (χ4v) is 5.02. The first-order valence-corrected chi connectivity index (χ1v) is 11.1. The summed E-state index contributed by atoms with van der Waals surface area (Å²) >= 11 is 0. The van der Waals surface area contributed by atoms with Crippen LogP contribution in [0.3, 0.4) is 0 Å². The molecule has 156 valence electrons. The second kappa shape index (κ2) is 7.85. The highest BCUT2D eigenvalue weighted by Gasteiger charge is 2.25. The first kappa shape index (κ1) is 19.1. The van der Waals surface area contributed by atoms with E-state index in [9.17, 15) is 4.39 Å². The predicted octanol–water partition coefficient (Wildman–Crippen LogP) is 6.75. The van der Waals surface area contributed by atoms with Crippen molar-refractivity contribution >= 4 is 21.7 Å². The van der Waals surface area contributed by atoms with Crippen LogP contribution >= 0.6 is 0 Å². The number of nitrogens with zero attached hydrogens (tertiary/aromatic N) is 2. The van der Waals surface area contributed by atoms with Crippen LogP contribution in [0.1, 0.15) is 16.7 Å². The summed E-state index contributed by atoms with van der Waals surface area (Å²) in [4.78, 5) is 7.49. The van der Waals surface area contributed by atoms with Gasteiger partial charge >= 0.3 is 0 Å². The minimum atomic E-state index is -0.220.